The van der Waals surface area contributed by atoms with Gasteiger partial charge in [-0.3, -0.25) is 4.57 Å². The molecule has 0 fully saturated rings. The molecule has 0 aliphatic heterocycles. The van der Waals surface area contributed by atoms with Crippen LogP contribution in [0.15, 0.2) is 11.0 Å². The first-order valence-corrected chi connectivity index (χ1v) is 7.50. The molecule has 0 aliphatic carbocycles. The quantitative estimate of drug-likeness (QED) is 0.815. The molecule has 0 aromatic carbocycles. The first kappa shape index (κ1) is 20.1. The van der Waals surface area contributed by atoms with Gasteiger partial charge in [0.05, 0.1) is 0 Å². The van der Waals surface area contributed by atoms with Gasteiger partial charge in [-0.05, 0) is 32.9 Å². The summed E-state index contributed by atoms with van der Waals surface area (Å²) in [5.41, 5.74) is -2.64. The molecule has 0 radical (unpaired) electrons. The lowest BCUT2D eigenvalue weighted by Crippen LogP contribution is -2.35. The van der Waals surface area contributed by atoms with E-state index in [2.05, 4.69) is 4.98 Å². The van der Waals surface area contributed by atoms with Crippen molar-refractivity contribution in [3.63, 3.8) is 0 Å². The second-order valence-electron chi connectivity index (χ2n) is 6.34. The number of likely N-dealkylation sites (N-methyl/N-ethyl adjacent to an activating group) is 1. The standard InChI is InChI=1S/C15H22F3N3O3/c1-9(2)7-11(13(22)23)21-8-10(5-6-20(3)4)12(15(16,17)18)19-14(21)24/h8-9,11H,5-7H2,1-4H3,(H,22,23). The highest BCUT2D eigenvalue weighted by Gasteiger charge is 2.37. The van der Waals surface area contributed by atoms with Crippen LogP contribution in [0.3, 0.4) is 0 Å². The van der Waals surface area contributed by atoms with E-state index < -0.39 is 29.6 Å². The minimum atomic E-state index is -4.77. The SMILES string of the molecule is CC(C)CC(C(=O)O)n1cc(CCN(C)C)c(C(F)(F)F)nc1=O. The first-order valence-electron chi connectivity index (χ1n) is 7.50. The number of alkyl halides is 3. The van der Waals surface area contributed by atoms with Gasteiger partial charge in [-0.1, -0.05) is 13.8 Å². The molecule has 0 amide bonds. The molecule has 136 valence electrons. The Morgan fingerprint density at radius 3 is 2.38 bits per heavy atom. The molecule has 1 heterocycles. The average Bonchev–Trinajstić information content (AvgIpc) is 2.41. The van der Waals surface area contributed by atoms with Crippen molar-refractivity contribution < 1.29 is 23.1 Å². The van der Waals surface area contributed by atoms with E-state index in [9.17, 15) is 27.9 Å². The van der Waals surface area contributed by atoms with Crippen LogP contribution in [0.4, 0.5) is 13.2 Å². The maximum atomic E-state index is 13.1. The lowest BCUT2D eigenvalue weighted by atomic mass is 10.0. The Kier molecular flexibility index (Phi) is 6.53. The van der Waals surface area contributed by atoms with Gasteiger partial charge in [0.1, 0.15) is 6.04 Å². The average molecular weight is 349 g/mol. The number of hydrogen-bond acceptors (Lipinski definition) is 4. The second-order valence-corrected chi connectivity index (χ2v) is 6.34. The molecule has 1 aromatic rings. The number of nitrogens with zero attached hydrogens (tertiary/aromatic N) is 3. The summed E-state index contributed by atoms with van der Waals surface area (Å²) in [4.78, 5) is 28.2. The van der Waals surface area contributed by atoms with Crippen LogP contribution in [-0.4, -0.2) is 46.2 Å². The number of carbonyl (C=O) groups is 1. The molecule has 1 N–H and O–H groups in total. The van der Waals surface area contributed by atoms with Crippen LogP contribution in [-0.2, 0) is 17.4 Å². The van der Waals surface area contributed by atoms with Crippen LogP contribution >= 0.6 is 0 Å². The maximum absolute atomic E-state index is 13.1. The van der Waals surface area contributed by atoms with Gasteiger partial charge in [0.25, 0.3) is 0 Å². The number of aliphatic carboxylic acids is 1. The Morgan fingerprint density at radius 2 is 1.96 bits per heavy atom. The molecule has 1 atom stereocenters. The summed E-state index contributed by atoms with van der Waals surface area (Å²) < 4.78 is 40.1. The van der Waals surface area contributed by atoms with Crippen LogP contribution < -0.4 is 5.69 Å². The molecular weight excluding hydrogens is 327 g/mol. The molecule has 0 spiro atoms. The summed E-state index contributed by atoms with van der Waals surface area (Å²) >= 11 is 0. The number of carboxylic acids is 1. The van der Waals surface area contributed by atoms with Gasteiger partial charge in [0, 0.05) is 18.3 Å². The van der Waals surface area contributed by atoms with Crippen LogP contribution in [0.1, 0.15) is 37.6 Å². The Balaban J connectivity index is 3.44. The predicted molar refractivity (Wildman–Crippen MR) is 81.9 cm³/mol. The largest absolute Gasteiger partial charge is 0.480 e. The summed E-state index contributed by atoms with van der Waals surface area (Å²) in [6, 6.07) is -1.25. The predicted octanol–water partition coefficient (Wildman–Crippen LogP) is 2.04. The summed E-state index contributed by atoms with van der Waals surface area (Å²) in [5, 5.41) is 9.32. The smallest absolute Gasteiger partial charge is 0.433 e. The lowest BCUT2D eigenvalue weighted by Gasteiger charge is -2.20. The molecule has 6 nitrogen and oxygen atoms in total. The first-order chi connectivity index (χ1) is 10.9. The van der Waals surface area contributed by atoms with E-state index >= 15 is 0 Å². The van der Waals surface area contributed by atoms with Crippen molar-refractivity contribution in [1.29, 1.82) is 0 Å². The minimum absolute atomic E-state index is 0.00312. The molecular formula is C15H22F3N3O3. The fourth-order valence-electron chi connectivity index (χ4n) is 2.29. The molecule has 0 saturated heterocycles. The van der Waals surface area contributed by atoms with Gasteiger partial charge < -0.3 is 10.0 Å². The van der Waals surface area contributed by atoms with Crippen LogP contribution in [0.5, 0.6) is 0 Å². The van der Waals surface area contributed by atoms with Crippen molar-refractivity contribution >= 4 is 5.97 Å². The zero-order valence-corrected chi connectivity index (χ0v) is 14.1. The fourth-order valence-corrected chi connectivity index (χ4v) is 2.29. The normalized spacial score (nSPS) is 13.5. The summed E-state index contributed by atoms with van der Waals surface area (Å²) in [6.45, 7) is 3.85. The third kappa shape index (κ3) is 5.33. The molecule has 1 unspecified atom stereocenters. The Morgan fingerprint density at radius 1 is 1.38 bits per heavy atom. The van der Waals surface area contributed by atoms with E-state index in [1.54, 1.807) is 32.8 Å². The topological polar surface area (TPSA) is 75.4 Å². The third-order valence-corrected chi connectivity index (χ3v) is 3.44. The summed E-state index contributed by atoms with van der Waals surface area (Å²) in [7, 11) is 3.41. The Bertz CT molecular complexity index is 639. The third-order valence-electron chi connectivity index (χ3n) is 3.44. The Hall–Kier alpha value is -1.90. The number of halogens is 3. The van der Waals surface area contributed by atoms with E-state index in [0.717, 1.165) is 10.8 Å². The number of hydrogen-bond donors (Lipinski definition) is 1. The monoisotopic (exact) mass is 349 g/mol. The minimum Gasteiger partial charge on any atom is -0.480 e. The van der Waals surface area contributed by atoms with Crippen molar-refractivity contribution in [2.75, 3.05) is 20.6 Å². The number of rotatable bonds is 7. The summed E-state index contributed by atoms with van der Waals surface area (Å²) in [6.07, 6.45) is -3.65. The molecule has 1 aromatic heterocycles. The fraction of sp³-hybridized carbons (Fsp3) is 0.667. The molecule has 1 rings (SSSR count). The molecule has 0 bridgehead atoms. The molecule has 24 heavy (non-hydrogen) atoms. The van der Waals surface area contributed by atoms with E-state index in [0.29, 0.717) is 6.54 Å². The van der Waals surface area contributed by atoms with Crippen LogP contribution in [0.2, 0.25) is 0 Å². The van der Waals surface area contributed by atoms with Gasteiger partial charge in [-0.15, -0.1) is 0 Å². The van der Waals surface area contributed by atoms with Crippen molar-refractivity contribution in [2.24, 2.45) is 5.92 Å². The zero-order valence-electron chi connectivity index (χ0n) is 14.1. The zero-order chi connectivity index (χ0) is 18.7. The number of carboxylic acid groups (broad SMARTS) is 1. The van der Waals surface area contributed by atoms with Gasteiger partial charge in [0.2, 0.25) is 0 Å². The van der Waals surface area contributed by atoms with Gasteiger partial charge in [-0.2, -0.15) is 18.2 Å². The Labute approximate surface area is 137 Å². The summed E-state index contributed by atoms with van der Waals surface area (Å²) in [5.74, 6) is -1.32. The van der Waals surface area contributed by atoms with Crippen LogP contribution in [0.25, 0.3) is 0 Å². The van der Waals surface area contributed by atoms with E-state index in [4.69, 9.17) is 0 Å². The van der Waals surface area contributed by atoms with Gasteiger partial charge in [-0.25, -0.2) is 9.59 Å². The van der Waals surface area contributed by atoms with Crippen LogP contribution in [0, 0.1) is 5.92 Å². The van der Waals surface area contributed by atoms with Crippen molar-refractivity contribution in [1.82, 2.24) is 14.5 Å². The van der Waals surface area contributed by atoms with E-state index in [-0.39, 0.29) is 24.3 Å². The number of aromatic nitrogens is 2. The highest BCUT2D eigenvalue weighted by molar-refractivity contribution is 5.71. The van der Waals surface area contributed by atoms with Crippen molar-refractivity contribution in [3.05, 3.63) is 27.9 Å². The van der Waals surface area contributed by atoms with Gasteiger partial charge >= 0.3 is 17.8 Å². The van der Waals surface area contributed by atoms with Crippen molar-refractivity contribution in [3.8, 4) is 0 Å². The maximum Gasteiger partial charge on any atom is 0.433 e. The molecule has 9 heteroatoms. The highest BCUT2D eigenvalue weighted by Crippen LogP contribution is 2.30. The second kappa shape index (κ2) is 7.78. The van der Waals surface area contributed by atoms with Gasteiger partial charge in [0.15, 0.2) is 5.69 Å². The highest BCUT2D eigenvalue weighted by atomic mass is 19.4. The van der Waals surface area contributed by atoms with E-state index in [1.165, 1.54) is 0 Å². The molecule has 0 saturated carbocycles. The molecule has 0 aliphatic rings. The van der Waals surface area contributed by atoms with E-state index in [1.807, 2.05) is 0 Å². The van der Waals surface area contributed by atoms with Crippen molar-refractivity contribution in [2.45, 2.75) is 38.9 Å². The lowest BCUT2D eigenvalue weighted by molar-refractivity contribution is -0.142.